The van der Waals surface area contributed by atoms with Gasteiger partial charge >= 0.3 is 0 Å². The van der Waals surface area contributed by atoms with Gasteiger partial charge in [-0.2, -0.15) is 5.26 Å². The smallest absolute Gasteiger partial charge is 0.238 e. The van der Waals surface area contributed by atoms with Crippen molar-refractivity contribution in [2.75, 3.05) is 18.9 Å². The number of amides is 1. The van der Waals surface area contributed by atoms with Crippen molar-refractivity contribution < 1.29 is 9.18 Å². The van der Waals surface area contributed by atoms with Crippen molar-refractivity contribution in [2.45, 2.75) is 6.54 Å². The van der Waals surface area contributed by atoms with Crippen molar-refractivity contribution >= 4 is 11.6 Å². The number of nitrogens with one attached hydrogen (secondary N) is 1. The summed E-state index contributed by atoms with van der Waals surface area (Å²) < 4.78 is 13.6. The second kappa shape index (κ2) is 7.34. The molecule has 0 bridgehead atoms. The number of carbonyl (C=O) groups is 1. The van der Waals surface area contributed by atoms with E-state index in [1.165, 1.54) is 6.07 Å². The highest BCUT2D eigenvalue weighted by Gasteiger charge is 2.10. The summed E-state index contributed by atoms with van der Waals surface area (Å²) in [6.45, 7) is 0.476. The molecule has 0 atom stereocenters. The Morgan fingerprint density at radius 1 is 1.27 bits per heavy atom. The fourth-order valence-electron chi connectivity index (χ4n) is 2.09. The van der Waals surface area contributed by atoms with E-state index in [9.17, 15) is 9.18 Å². The molecule has 112 valence electrons. The van der Waals surface area contributed by atoms with Crippen LogP contribution >= 0.6 is 0 Å². The van der Waals surface area contributed by atoms with Crippen molar-refractivity contribution in [3.63, 3.8) is 0 Å². The number of carbonyl (C=O) groups excluding carboxylic acids is 1. The van der Waals surface area contributed by atoms with Gasteiger partial charge in [-0.3, -0.25) is 9.69 Å². The predicted molar refractivity (Wildman–Crippen MR) is 82.5 cm³/mol. The van der Waals surface area contributed by atoms with E-state index in [2.05, 4.69) is 5.32 Å². The number of anilines is 1. The monoisotopic (exact) mass is 297 g/mol. The Labute approximate surface area is 128 Å². The number of hydrogen-bond donors (Lipinski definition) is 1. The third-order valence-corrected chi connectivity index (χ3v) is 3.09. The molecule has 0 saturated heterocycles. The molecule has 2 aromatic carbocycles. The molecule has 0 spiro atoms. The number of nitrogens with zero attached hydrogens (tertiary/aromatic N) is 2. The lowest BCUT2D eigenvalue weighted by atomic mass is 10.2. The Kier molecular flexibility index (Phi) is 5.23. The molecular weight excluding hydrogens is 281 g/mol. The maximum absolute atomic E-state index is 13.6. The Balaban J connectivity index is 1.91. The summed E-state index contributed by atoms with van der Waals surface area (Å²) >= 11 is 0. The molecule has 0 aliphatic heterocycles. The first-order valence-electron chi connectivity index (χ1n) is 6.80. The van der Waals surface area contributed by atoms with Crippen molar-refractivity contribution in [1.29, 1.82) is 5.26 Å². The van der Waals surface area contributed by atoms with Gasteiger partial charge in [0.2, 0.25) is 5.91 Å². The molecule has 5 heteroatoms. The van der Waals surface area contributed by atoms with Crippen LogP contribution in [0.3, 0.4) is 0 Å². The third kappa shape index (κ3) is 4.40. The highest BCUT2D eigenvalue weighted by molar-refractivity contribution is 5.92. The first-order chi connectivity index (χ1) is 10.6. The molecule has 1 N–H and O–H groups in total. The normalized spacial score (nSPS) is 10.3. The van der Waals surface area contributed by atoms with Crippen LogP contribution in [0, 0.1) is 17.1 Å². The lowest BCUT2D eigenvalue weighted by Gasteiger charge is -2.16. The third-order valence-electron chi connectivity index (χ3n) is 3.09. The summed E-state index contributed by atoms with van der Waals surface area (Å²) in [6, 6.07) is 15.2. The minimum atomic E-state index is -0.281. The van der Waals surface area contributed by atoms with Crippen LogP contribution in [0.2, 0.25) is 0 Å². The second-order valence-electron chi connectivity index (χ2n) is 5.00. The van der Waals surface area contributed by atoms with Crippen LogP contribution in [0.5, 0.6) is 0 Å². The van der Waals surface area contributed by atoms with Crippen LogP contribution in [0.15, 0.2) is 48.5 Å². The summed E-state index contributed by atoms with van der Waals surface area (Å²) in [6.07, 6.45) is 0. The van der Waals surface area contributed by atoms with Gasteiger partial charge in [-0.15, -0.1) is 0 Å². The molecule has 0 saturated carbocycles. The molecule has 0 fully saturated rings. The first-order valence-corrected chi connectivity index (χ1v) is 6.80. The van der Waals surface area contributed by atoms with Gasteiger partial charge in [0, 0.05) is 17.8 Å². The van der Waals surface area contributed by atoms with Gasteiger partial charge in [0.05, 0.1) is 18.2 Å². The van der Waals surface area contributed by atoms with Gasteiger partial charge in [0.1, 0.15) is 5.82 Å². The maximum atomic E-state index is 13.6. The molecular formula is C17H16FN3O. The standard InChI is InChI=1S/C17H16FN3O/c1-21(11-14-6-2-3-8-16(14)18)12-17(22)20-15-7-4-5-13(9-15)10-19/h2-9H,11-12H2,1H3,(H,20,22). The Bertz CT molecular complexity index is 709. The zero-order valence-corrected chi connectivity index (χ0v) is 12.2. The Hall–Kier alpha value is -2.71. The molecule has 0 aromatic heterocycles. The predicted octanol–water partition coefficient (Wildman–Crippen LogP) is 2.77. The summed E-state index contributed by atoms with van der Waals surface area (Å²) in [4.78, 5) is 13.7. The molecule has 2 aromatic rings. The lowest BCUT2D eigenvalue weighted by molar-refractivity contribution is -0.117. The maximum Gasteiger partial charge on any atom is 0.238 e. The molecule has 0 heterocycles. The highest BCUT2D eigenvalue weighted by Crippen LogP contribution is 2.11. The van der Waals surface area contributed by atoms with Crippen LogP contribution in [-0.2, 0) is 11.3 Å². The molecule has 22 heavy (non-hydrogen) atoms. The number of hydrogen-bond acceptors (Lipinski definition) is 3. The Morgan fingerprint density at radius 2 is 2.05 bits per heavy atom. The number of nitriles is 1. The van der Waals surface area contributed by atoms with Crippen LogP contribution in [0.1, 0.15) is 11.1 Å². The van der Waals surface area contributed by atoms with Crippen LogP contribution < -0.4 is 5.32 Å². The molecule has 0 radical (unpaired) electrons. The average Bonchev–Trinajstić information content (AvgIpc) is 2.49. The van der Waals surface area contributed by atoms with Crippen molar-refractivity contribution in [2.24, 2.45) is 0 Å². The summed E-state index contributed by atoms with van der Waals surface area (Å²) in [5, 5.41) is 11.5. The summed E-state index contributed by atoms with van der Waals surface area (Å²) in [5.74, 6) is -0.495. The molecule has 0 aliphatic carbocycles. The molecule has 0 aliphatic rings. The quantitative estimate of drug-likeness (QED) is 0.923. The van der Waals surface area contributed by atoms with E-state index in [0.29, 0.717) is 23.4 Å². The minimum absolute atomic E-state index is 0.130. The second-order valence-corrected chi connectivity index (χ2v) is 5.00. The first kappa shape index (κ1) is 15.7. The molecule has 0 unspecified atom stereocenters. The minimum Gasteiger partial charge on any atom is -0.325 e. The van der Waals surface area contributed by atoms with Crippen LogP contribution in [0.4, 0.5) is 10.1 Å². The van der Waals surface area contributed by atoms with Gasteiger partial charge in [-0.05, 0) is 31.3 Å². The van der Waals surface area contributed by atoms with E-state index < -0.39 is 0 Å². The van der Waals surface area contributed by atoms with Gasteiger partial charge < -0.3 is 5.32 Å². The topological polar surface area (TPSA) is 56.1 Å². The fraction of sp³-hybridized carbons (Fsp3) is 0.176. The zero-order valence-electron chi connectivity index (χ0n) is 12.2. The van der Waals surface area contributed by atoms with E-state index in [0.717, 1.165) is 0 Å². The van der Waals surface area contributed by atoms with Gasteiger partial charge in [0.25, 0.3) is 0 Å². The SMILES string of the molecule is CN(CC(=O)Nc1cccc(C#N)c1)Cc1ccccc1F. The molecule has 4 nitrogen and oxygen atoms in total. The number of benzene rings is 2. The van der Waals surface area contributed by atoms with Gasteiger partial charge in [0.15, 0.2) is 0 Å². The number of rotatable bonds is 5. The zero-order chi connectivity index (χ0) is 15.9. The van der Waals surface area contributed by atoms with E-state index in [-0.39, 0.29) is 18.3 Å². The van der Waals surface area contributed by atoms with E-state index in [1.807, 2.05) is 6.07 Å². The van der Waals surface area contributed by atoms with Crippen LogP contribution in [-0.4, -0.2) is 24.4 Å². The van der Waals surface area contributed by atoms with E-state index in [1.54, 1.807) is 54.4 Å². The van der Waals surface area contributed by atoms with E-state index in [4.69, 9.17) is 5.26 Å². The lowest BCUT2D eigenvalue weighted by Crippen LogP contribution is -2.30. The summed E-state index contributed by atoms with van der Waals surface area (Å²) in [5.41, 5.74) is 1.60. The van der Waals surface area contributed by atoms with Crippen molar-refractivity contribution in [1.82, 2.24) is 4.90 Å². The average molecular weight is 297 g/mol. The largest absolute Gasteiger partial charge is 0.325 e. The van der Waals surface area contributed by atoms with Gasteiger partial charge in [-0.25, -0.2) is 4.39 Å². The number of likely N-dealkylation sites (N-methyl/N-ethyl adjacent to an activating group) is 1. The van der Waals surface area contributed by atoms with E-state index >= 15 is 0 Å². The Morgan fingerprint density at radius 3 is 2.77 bits per heavy atom. The van der Waals surface area contributed by atoms with Gasteiger partial charge in [-0.1, -0.05) is 24.3 Å². The molecule has 1 amide bonds. The fourth-order valence-corrected chi connectivity index (χ4v) is 2.09. The van der Waals surface area contributed by atoms with Crippen molar-refractivity contribution in [3.05, 3.63) is 65.5 Å². The molecule has 2 rings (SSSR count). The van der Waals surface area contributed by atoms with Crippen LogP contribution in [0.25, 0.3) is 0 Å². The van der Waals surface area contributed by atoms with Crippen molar-refractivity contribution in [3.8, 4) is 6.07 Å². The highest BCUT2D eigenvalue weighted by atomic mass is 19.1. The number of halogens is 1. The summed E-state index contributed by atoms with van der Waals surface area (Å²) in [7, 11) is 1.75.